The number of piperidine rings is 1. The molecule has 1 aliphatic heterocycles. The van der Waals surface area contributed by atoms with Crippen molar-refractivity contribution in [3.8, 4) is 0 Å². The van der Waals surface area contributed by atoms with Gasteiger partial charge in [-0.2, -0.15) is 0 Å². The Bertz CT molecular complexity index is 901. The third kappa shape index (κ3) is 5.98. The Labute approximate surface area is 194 Å². The highest BCUT2D eigenvalue weighted by atomic mass is 35.5. The number of amides is 1. The number of likely N-dealkylation sites (tertiary alicyclic amines) is 1. The molecule has 0 saturated carbocycles. The quantitative estimate of drug-likeness (QED) is 0.653. The molecule has 1 aromatic carbocycles. The molecule has 2 heterocycles. The first-order valence-corrected chi connectivity index (χ1v) is 11.4. The van der Waals surface area contributed by atoms with Gasteiger partial charge in [-0.05, 0) is 49.2 Å². The Balaban J connectivity index is 1.79. The van der Waals surface area contributed by atoms with E-state index in [1.54, 1.807) is 6.20 Å². The van der Waals surface area contributed by atoms with Crippen LogP contribution in [0.4, 0.5) is 0 Å². The first kappa shape index (κ1) is 24.0. The third-order valence-electron chi connectivity index (χ3n) is 5.88. The summed E-state index contributed by atoms with van der Waals surface area (Å²) in [6, 6.07) is 11.2. The van der Waals surface area contributed by atoms with Gasteiger partial charge < -0.3 is 10.4 Å². The maximum Gasteiger partial charge on any atom is 0.225 e. The van der Waals surface area contributed by atoms with Gasteiger partial charge in [-0.25, -0.2) is 0 Å². The molecule has 31 heavy (non-hydrogen) atoms. The van der Waals surface area contributed by atoms with Crippen molar-refractivity contribution < 1.29 is 9.90 Å². The third-order valence-corrected chi connectivity index (χ3v) is 6.62. The number of rotatable bonds is 6. The molecule has 1 fully saturated rings. The maximum atomic E-state index is 12.5. The summed E-state index contributed by atoms with van der Waals surface area (Å²) in [6.07, 6.45) is 3.49. The fourth-order valence-electron chi connectivity index (χ4n) is 4.03. The van der Waals surface area contributed by atoms with Crippen LogP contribution in [0.15, 0.2) is 42.6 Å². The first-order valence-electron chi connectivity index (χ1n) is 10.7. The van der Waals surface area contributed by atoms with Crippen molar-refractivity contribution in [1.82, 2.24) is 15.2 Å². The van der Waals surface area contributed by atoms with Gasteiger partial charge in [0.1, 0.15) is 5.60 Å². The number of hydrogen-bond donors (Lipinski definition) is 2. The highest BCUT2D eigenvalue weighted by Gasteiger charge is 2.42. The Hall–Kier alpha value is -1.66. The van der Waals surface area contributed by atoms with Gasteiger partial charge >= 0.3 is 0 Å². The van der Waals surface area contributed by atoms with E-state index >= 15 is 0 Å². The maximum absolute atomic E-state index is 12.5. The largest absolute Gasteiger partial charge is 0.381 e. The zero-order chi connectivity index (χ0) is 22.6. The van der Waals surface area contributed by atoms with E-state index in [2.05, 4.69) is 15.2 Å². The number of carbonyl (C=O) groups is 1. The molecule has 0 unspecified atom stereocenters. The van der Waals surface area contributed by atoms with Crippen LogP contribution in [0.3, 0.4) is 0 Å². The molecule has 1 aliphatic rings. The van der Waals surface area contributed by atoms with Crippen molar-refractivity contribution in [2.24, 2.45) is 11.3 Å². The molecular formula is C24H31Cl2N3O2. The number of pyridine rings is 1. The van der Waals surface area contributed by atoms with E-state index in [0.717, 1.165) is 31.5 Å². The average Bonchev–Trinajstić information content (AvgIpc) is 2.74. The van der Waals surface area contributed by atoms with E-state index in [0.29, 0.717) is 22.3 Å². The highest BCUT2D eigenvalue weighted by molar-refractivity contribution is 6.42. The molecule has 5 nitrogen and oxygen atoms in total. The van der Waals surface area contributed by atoms with Crippen LogP contribution < -0.4 is 5.32 Å². The van der Waals surface area contributed by atoms with Gasteiger partial charge in [0.05, 0.1) is 22.3 Å². The number of aliphatic hydroxyl groups is 1. The van der Waals surface area contributed by atoms with E-state index in [-0.39, 0.29) is 18.4 Å². The minimum absolute atomic E-state index is 0.0702. The summed E-state index contributed by atoms with van der Waals surface area (Å²) in [7, 11) is 0. The predicted molar refractivity (Wildman–Crippen MR) is 125 cm³/mol. The summed E-state index contributed by atoms with van der Waals surface area (Å²) in [6.45, 7) is 8.07. The average molecular weight is 464 g/mol. The minimum atomic E-state index is -1.25. The van der Waals surface area contributed by atoms with Gasteiger partial charge in [0.2, 0.25) is 5.91 Å². The fraction of sp³-hybridized carbons (Fsp3) is 0.500. The lowest BCUT2D eigenvalue weighted by Gasteiger charge is -2.42. The van der Waals surface area contributed by atoms with Crippen molar-refractivity contribution in [2.75, 3.05) is 19.6 Å². The topological polar surface area (TPSA) is 65.5 Å². The second-order valence-electron chi connectivity index (χ2n) is 9.39. The van der Waals surface area contributed by atoms with E-state index in [1.165, 1.54) is 0 Å². The standard InChI is InChI=1S/C24H31Cl2N3O2/c1-23(2,3)22(30)28-16-24(31,21-8-4-5-11-27-21)18-7-6-12-29(15-18)14-17-9-10-19(25)20(26)13-17/h4-5,8-11,13,18,31H,6-7,12,14-16H2,1-3H3,(H,28,30)/t18-,24+/m0/s1. The van der Waals surface area contributed by atoms with E-state index < -0.39 is 11.0 Å². The van der Waals surface area contributed by atoms with Gasteiger partial charge in [0, 0.05) is 30.6 Å². The monoisotopic (exact) mass is 463 g/mol. The highest BCUT2D eigenvalue weighted by Crippen LogP contribution is 2.35. The molecule has 3 rings (SSSR count). The molecule has 0 aliphatic carbocycles. The second-order valence-corrected chi connectivity index (χ2v) is 10.2. The normalized spacial score (nSPS) is 19.6. The Kier molecular flexibility index (Phi) is 7.63. The van der Waals surface area contributed by atoms with Gasteiger partial charge in [0.25, 0.3) is 0 Å². The molecule has 7 heteroatoms. The number of hydrogen-bond acceptors (Lipinski definition) is 4. The molecule has 168 valence electrons. The summed E-state index contributed by atoms with van der Waals surface area (Å²) in [5.41, 5.74) is -0.112. The smallest absolute Gasteiger partial charge is 0.225 e. The van der Waals surface area contributed by atoms with Gasteiger partial charge in [0.15, 0.2) is 0 Å². The van der Waals surface area contributed by atoms with Gasteiger partial charge in [-0.1, -0.05) is 56.1 Å². The molecule has 1 aromatic heterocycles. The van der Waals surface area contributed by atoms with E-state index in [9.17, 15) is 9.90 Å². The van der Waals surface area contributed by atoms with Crippen LogP contribution >= 0.6 is 23.2 Å². The number of carbonyl (C=O) groups excluding carboxylic acids is 1. The summed E-state index contributed by atoms with van der Waals surface area (Å²) in [4.78, 5) is 19.3. The number of nitrogens with one attached hydrogen (secondary N) is 1. The summed E-state index contributed by atoms with van der Waals surface area (Å²) < 4.78 is 0. The molecule has 1 saturated heterocycles. The SMILES string of the molecule is CC(C)(C)C(=O)NC[C@](O)(c1ccccn1)[C@H]1CCCN(Cc2ccc(Cl)c(Cl)c2)C1. The van der Waals surface area contributed by atoms with E-state index in [1.807, 2.05) is 57.2 Å². The lowest BCUT2D eigenvalue weighted by Crippen LogP contribution is -2.53. The molecular weight excluding hydrogens is 433 g/mol. The van der Waals surface area contributed by atoms with Crippen molar-refractivity contribution in [3.05, 3.63) is 63.9 Å². The number of benzene rings is 1. The van der Waals surface area contributed by atoms with Gasteiger partial charge in [-0.3, -0.25) is 14.7 Å². The second kappa shape index (κ2) is 9.86. The van der Waals surface area contributed by atoms with Crippen molar-refractivity contribution in [1.29, 1.82) is 0 Å². The number of halogens is 2. The summed E-state index contributed by atoms with van der Waals surface area (Å²) in [5, 5.41) is 15.9. The first-order chi connectivity index (χ1) is 14.6. The van der Waals surface area contributed by atoms with Crippen LogP contribution in [-0.4, -0.2) is 40.5 Å². The lowest BCUT2D eigenvalue weighted by atomic mass is 9.78. The zero-order valence-electron chi connectivity index (χ0n) is 18.4. The minimum Gasteiger partial charge on any atom is -0.381 e. The number of nitrogens with zero attached hydrogens (tertiary/aromatic N) is 2. The van der Waals surface area contributed by atoms with Crippen molar-refractivity contribution in [2.45, 2.75) is 45.8 Å². The van der Waals surface area contributed by atoms with E-state index in [4.69, 9.17) is 23.2 Å². The number of aromatic nitrogens is 1. The molecule has 2 atom stereocenters. The fourth-order valence-corrected chi connectivity index (χ4v) is 4.35. The molecule has 0 spiro atoms. The van der Waals surface area contributed by atoms with Crippen molar-refractivity contribution >= 4 is 29.1 Å². The van der Waals surface area contributed by atoms with Crippen LogP contribution in [0, 0.1) is 11.3 Å². The van der Waals surface area contributed by atoms with Crippen LogP contribution in [0.25, 0.3) is 0 Å². The Morgan fingerprint density at radius 2 is 2.00 bits per heavy atom. The van der Waals surface area contributed by atoms with Crippen molar-refractivity contribution in [3.63, 3.8) is 0 Å². The Morgan fingerprint density at radius 3 is 2.65 bits per heavy atom. The molecule has 1 amide bonds. The summed E-state index contributed by atoms with van der Waals surface area (Å²) in [5.74, 6) is -0.162. The van der Waals surface area contributed by atoms with Crippen LogP contribution in [0.2, 0.25) is 10.0 Å². The lowest BCUT2D eigenvalue weighted by molar-refractivity contribution is -0.131. The zero-order valence-corrected chi connectivity index (χ0v) is 19.9. The Morgan fingerprint density at radius 1 is 1.23 bits per heavy atom. The molecule has 2 aromatic rings. The van der Waals surface area contributed by atoms with Gasteiger partial charge in [-0.15, -0.1) is 0 Å². The molecule has 0 bridgehead atoms. The molecule has 0 radical (unpaired) electrons. The summed E-state index contributed by atoms with van der Waals surface area (Å²) >= 11 is 12.2. The van der Waals surface area contributed by atoms with Crippen LogP contribution in [-0.2, 0) is 16.9 Å². The molecule has 2 N–H and O–H groups in total. The van der Waals surface area contributed by atoms with Crippen LogP contribution in [0.5, 0.6) is 0 Å². The van der Waals surface area contributed by atoms with Crippen LogP contribution in [0.1, 0.15) is 44.9 Å². The predicted octanol–water partition coefficient (Wildman–Crippen LogP) is 4.65.